The minimum Gasteiger partial charge on any atom is -0.478 e. The van der Waals surface area contributed by atoms with Gasteiger partial charge in [0.15, 0.2) is 0 Å². The Balaban J connectivity index is 2.41. The van der Waals surface area contributed by atoms with Crippen LogP contribution in [0.4, 0.5) is 0 Å². The SMILES string of the molecule is O=C(O)C=CC(=O)OCCOC(=O)c1cccc(C(=O)O)c1. The lowest BCUT2D eigenvalue weighted by atomic mass is 10.1. The second-order valence-corrected chi connectivity index (χ2v) is 3.86. The second-order valence-electron chi connectivity index (χ2n) is 3.86. The largest absolute Gasteiger partial charge is 0.478 e. The highest BCUT2D eigenvalue weighted by molar-refractivity contribution is 5.94. The van der Waals surface area contributed by atoms with E-state index >= 15 is 0 Å². The molecule has 0 amide bonds. The number of carboxylic acid groups (broad SMARTS) is 2. The van der Waals surface area contributed by atoms with Gasteiger partial charge >= 0.3 is 23.9 Å². The summed E-state index contributed by atoms with van der Waals surface area (Å²) < 4.78 is 9.37. The van der Waals surface area contributed by atoms with Crippen molar-refractivity contribution >= 4 is 23.9 Å². The lowest BCUT2D eigenvalue weighted by Crippen LogP contribution is -2.13. The average Bonchev–Trinajstić information content (AvgIpc) is 2.49. The Labute approximate surface area is 124 Å². The van der Waals surface area contributed by atoms with Gasteiger partial charge in [-0.05, 0) is 18.2 Å². The summed E-state index contributed by atoms with van der Waals surface area (Å²) in [5.41, 5.74) is -0.00307. The van der Waals surface area contributed by atoms with E-state index < -0.39 is 23.9 Å². The van der Waals surface area contributed by atoms with Crippen LogP contribution in [-0.2, 0) is 19.1 Å². The van der Waals surface area contributed by atoms with Gasteiger partial charge in [0.2, 0.25) is 0 Å². The van der Waals surface area contributed by atoms with Crippen molar-refractivity contribution in [1.29, 1.82) is 0 Å². The predicted octanol–water partition coefficient (Wildman–Crippen LogP) is 0.726. The monoisotopic (exact) mass is 308 g/mol. The van der Waals surface area contributed by atoms with E-state index in [1.54, 1.807) is 0 Å². The van der Waals surface area contributed by atoms with Crippen molar-refractivity contribution in [3.63, 3.8) is 0 Å². The summed E-state index contributed by atoms with van der Waals surface area (Å²) >= 11 is 0. The molecular formula is C14H12O8. The molecule has 0 aromatic heterocycles. The highest BCUT2D eigenvalue weighted by Crippen LogP contribution is 2.07. The van der Waals surface area contributed by atoms with E-state index in [9.17, 15) is 19.2 Å². The Bertz CT molecular complexity index is 617. The average molecular weight is 308 g/mol. The van der Waals surface area contributed by atoms with E-state index in [0.29, 0.717) is 6.08 Å². The molecule has 1 aromatic carbocycles. The smallest absolute Gasteiger partial charge is 0.338 e. The number of aliphatic carboxylic acids is 1. The minimum absolute atomic E-state index is 0.0528. The van der Waals surface area contributed by atoms with Crippen molar-refractivity contribution in [2.45, 2.75) is 0 Å². The molecule has 8 nitrogen and oxygen atoms in total. The van der Waals surface area contributed by atoms with Crippen LogP contribution in [0.5, 0.6) is 0 Å². The normalized spacial score (nSPS) is 10.2. The zero-order chi connectivity index (χ0) is 16.5. The van der Waals surface area contributed by atoms with Crippen LogP contribution in [0.15, 0.2) is 36.4 Å². The van der Waals surface area contributed by atoms with Crippen LogP contribution in [-0.4, -0.2) is 47.3 Å². The molecule has 0 aliphatic carbocycles. The molecular weight excluding hydrogens is 296 g/mol. The molecule has 0 radical (unpaired) electrons. The molecule has 0 saturated heterocycles. The van der Waals surface area contributed by atoms with E-state index in [0.717, 1.165) is 12.1 Å². The van der Waals surface area contributed by atoms with Crippen LogP contribution >= 0.6 is 0 Å². The van der Waals surface area contributed by atoms with Crippen LogP contribution in [0.2, 0.25) is 0 Å². The number of carbonyl (C=O) groups is 4. The number of carbonyl (C=O) groups excluding carboxylic acids is 2. The molecule has 116 valence electrons. The number of aromatic carboxylic acids is 1. The van der Waals surface area contributed by atoms with Crippen molar-refractivity contribution in [3.05, 3.63) is 47.5 Å². The molecule has 0 atom stereocenters. The van der Waals surface area contributed by atoms with Crippen molar-refractivity contribution < 1.29 is 38.9 Å². The molecule has 0 heterocycles. The summed E-state index contributed by atoms with van der Waals surface area (Å²) in [6, 6.07) is 5.27. The minimum atomic E-state index is -1.29. The molecule has 1 rings (SSSR count). The van der Waals surface area contributed by atoms with Gasteiger partial charge in [-0.15, -0.1) is 0 Å². The van der Waals surface area contributed by atoms with Gasteiger partial charge < -0.3 is 19.7 Å². The molecule has 0 spiro atoms. The Morgan fingerprint density at radius 3 is 2.23 bits per heavy atom. The first-order chi connectivity index (χ1) is 10.4. The highest BCUT2D eigenvalue weighted by atomic mass is 16.6. The predicted molar refractivity (Wildman–Crippen MR) is 71.4 cm³/mol. The van der Waals surface area contributed by atoms with E-state index in [1.165, 1.54) is 18.2 Å². The lowest BCUT2D eigenvalue weighted by Gasteiger charge is -2.05. The van der Waals surface area contributed by atoms with Crippen LogP contribution < -0.4 is 0 Å². The third-order valence-corrected chi connectivity index (χ3v) is 2.27. The molecule has 22 heavy (non-hydrogen) atoms. The van der Waals surface area contributed by atoms with Gasteiger partial charge in [-0.3, -0.25) is 0 Å². The number of carboxylic acids is 2. The third-order valence-electron chi connectivity index (χ3n) is 2.27. The first kappa shape index (κ1) is 16.9. The summed E-state index contributed by atoms with van der Waals surface area (Å²) in [5.74, 6) is -4.11. The quantitative estimate of drug-likeness (QED) is 0.428. The second kappa shape index (κ2) is 8.20. The van der Waals surface area contributed by atoms with Crippen molar-refractivity contribution in [3.8, 4) is 0 Å². The zero-order valence-electron chi connectivity index (χ0n) is 11.2. The number of rotatable bonds is 7. The van der Waals surface area contributed by atoms with Crippen molar-refractivity contribution in [2.75, 3.05) is 13.2 Å². The molecule has 0 aliphatic heterocycles. The molecule has 0 unspecified atom stereocenters. The molecule has 0 aliphatic rings. The Hall–Kier alpha value is -3.16. The maximum absolute atomic E-state index is 11.6. The maximum Gasteiger partial charge on any atom is 0.338 e. The summed E-state index contributed by atoms with van der Waals surface area (Å²) in [7, 11) is 0. The van der Waals surface area contributed by atoms with Crippen LogP contribution in [0.3, 0.4) is 0 Å². The first-order valence-electron chi connectivity index (χ1n) is 5.98. The molecule has 8 heteroatoms. The van der Waals surface area contributed by atoms with Gasteiger partial charge in [-0.25, -0.2) is 19.2 Å². The Morgan fingerprint density at radius 1 is 0.955 bits per heavy atom. The summed E-state index contributed by atoms with van der Waals surface area (Å²) in [4.78, 5) is 43.5. The fourth-order valence-electron chi connectivity index (χ4n) is 1.33. The standard InChI is InChI=1S/C14H12O8/c15-11(16)4-5-12(17)21-6-7-22-14(20)10-3-1-2-9(8-10)13(18)19/h1-5,8H,6-7H2,(H,15,16)(H,18,19). The third kappa shape index (κ3) is 5.87. The summed E-state index contributed by atoms with van der Waals surface area (Å²) in [6.45, 7) is -0.504. The van der Waals surface area contributed by atoms with E-state index in [-0.39, 0.29) is 24.3 Å². The zero-order valence-corrected chi connectivity index (χ0v) is 11.2. The molecule has 0 fully saturated rings. The molecule has 0 bridgehead atoms. The number of hydrogen-bond acceptors (Lipinski definition) is 6. The molecule has 0 saturated carbocycles. The number of esters is 2. The van der Waals surface area contributed by atoms with Gasteiger partial charge in [0, 0.05) is 12.2 Å². The van der Waals surface area contributed by atoms with Gasteiger partial charge in [0.1, 0.15) is 13.2 Å². The van der Waals surface area contributed by atoms with Gasteiger partial charge in [-0.2, -0.15) is 0 Å². The van der Waals surface area contributed by atoms with Crippen molar-refractivity contribution in [2.24, 2.45) is 0 Å². The van der Waals surface area contributed by atoms with Crippen LogP contribution in [0.1, 0.15) is 20.7 Å². The number of hydrogen-bond donors (Lipinski definition) is 2. The van der Waals surface area contributed by atoms with E-state index in [1.807, 2.05) is 0 Å². The fraction of sp³-hybridized carbons (Fsp3) is 0.143. The summed E-state index contributed by atoms with van der Waals surface area (Å²) in [6.07, 6.45) is 1.34. The van der Waals surface area contributed by atoms with E-state index in [2.05, 4.69) is 4.74 Å². The van der Waals surface area contributed by atoms with Crippen LogP contribution in [0, 0.1) is 0 Å². The molecule has 1 aromatic rings. The lowest BCUT2D eigenvalue weighted by molar-refractivity contribution is -0.139. The van der Waals surface area contributed by atoms with Crippen LogP contribution in [0.25, 0.3) is 0 Å². The van der Waals surface area contributed by atoms with Gasteiger partial charge in [-0.1, -0.05) is 6.07 Å². The summed E-state index contributed by atoms with van der Waals surface area (Å²) in [5, 5.41) is 17.1. The van der Waals surface area contributed by atoms with Gasteiger partial charge in [0.05, 0.1) is 11.1 Å². The van der Waals surface area contributed by atoms with Crippen molar-refractivity contribution in [1.82, 2.24) is 0 Å². The molecule has 2 N–H and O–H groups in total. The van der Waals surface area contributed by atoms with Gasteiger partial charge in [0.25, 0.3) is 0 Å². The number of ether oxygens (including phenoxy) is 2. The Morgan fingerprint density at radius 2 is 1.59 bits per heavy atom. The number of benzene rings is 1. The maximum atomic E-state index is 11.6. The fourth-order valence-corrected chi connectivity index (χ4v) is 1.33. The highest BCUT2D eigenvalue weighted by Gasteiger charge is 2.10. The first-order valence-corrected chi connectivity index (χ1v) is 5.98. The van der Waals surface area contributed by atoms with E-state index in [4.69, 9.17) is 14.9 Å². The Kier molecular flexibility index (Phi) is 6.30. The topological polar surface area (TPSA) is 127 Å².